The number of piperazine rings is 1. The fraction of sp³-hybridized carbons (Fsp3) is 0.615. The van der Waals surface area contributed by atoms with Crippen LogP contribution in [0.4, 0.5) is 0 Å². The third kappa shape index (κ3) is 4.07. The van der Waals surface area contributed by atoms with E-state index in [0.717, 1.165) is 39.1 Å². The third-order valence-electron chi connectivity index (χ3n) is 3.35. The number of aromatic nitrogens is 1. The Morgan fingerprint density at radius 3 is 2.41 bits per heavy atom. The van der Waals surface area contributed by atoms with Crippen LogP contribution in [0.15, 0.2) is 24.5 Å². The summed E-state index contributed by atoms with van der Waals surface area (Å²) in [6.07, 6.45) is 4.89. The molecule has 1 aromatic heterocycles. The van der Waals surface area contributed by atoms with Gasteiger partial charge in [-0.05, 0) is 18.1 Å². The molecule has 0 unspecified atom stereocenters. The zero-order valence-electron chi connectivity index (χ0n) is 10.4. The molecule has 4 nitrogen and oxygen atoms in total. The van der Waals surface area contributed by atoms with Crippen LogP contribution in [0.3, 0.4) is 0 Å². The molecule has 2 N–H and O–H groups in total. The lowest BCUT2D eigenvalue weighted by Gasteiger charge is -2.34. The highest BCUT2D eigenvalue weighted by Gasteiger charge is 2.15. The predicted octanol–water partition coefficient (Wildman–Crippen LogP) is 0.200. The average molecular weight is 234 g/mol. The van der Waals surface area contributed by atoms with Gasteiger partial charge in [-0.2, -0.15) is 0 Å². The van der Waals surface area contributed by atoms with E-state index in [-0.39, 0.29) is 0 Å². The molecule has 0 bridgehead atoms. The SMILES string of the molecule is NCCN1CCN(CCc2cccnc2)CC1. The molecule has 2 heterocycles. The van der Waals surface area contributed by atoms with Crippen molar-refractivity contribution in [1.29, 1.82) is 0 Å². The van der Waals surface area contributed by atoms with Gasteiger partial charge in [-0.3, -0.25) is 9.88 Å². The van der Waals surface area contributed by atoms with Gasteiger partial charge in [0.25, 0.3) is 0 Å². The minimum absolute atomic E-state index is 0.773. The molecule has 0 spiro atoms. The maximum Gasteiger partial charge on any atom is 0.0300 e. The second-order valence-corrected chi connectivity index (χ2v) is 4.58. The van der Waals surface area contributed by atoms with Crippen LogP contribution in [-0.4, -0.2) is 60.6 Å². The average Bonchev–Trinajstić information content (AvgIpc) is 2.40. The van der Waals surface area contributed by atoms with Crippen molar-refractivity contribution < 1.29 is 0 Å². The number of hydrogen-bond donors (Lipinski definition) is 1. The van der Waals surface area contributed by atoms with Crippen LogP contribution < -0.4 is 5.73 Å². The lowest BCUT2D eigenvalue weighted by atomic mass is 10.2. The summed E-state index contributed by atoms with van der Waals surface area (Å²) in [4.78, 5) is 9.12. The molecule has 0 amide bonds. The van der Waals surface area contributed by atoms with Crippen molar-refractivity contribution in [3.63, 3.8) is 0 Å². The zero-order chi connectivity index (χ0) is 11.9. The Morgan fingerprint density at radius 1 is 1.12 bits per heavy atom. The second kappa shape index (κ2) is 6.69. The van der Waals surface area contributed by atoms with E-state index in [9.17, 15) is 0 Å². The van der Waals surface area contributed by atoms with E-state index < -0.39 is 0 Å². The molecule has 1 fully saturated rings. The van der Waals surface area contributed by atoms with E-state index in [1.807, 2.05) is 18.5 Å². The van der Waals surface area contributed by atoms with E-state index in [2.05, 4.69) is 20.9 Å². The highest BCUT2D eigenvalue weighted by Crippen LogP contribution is 2.04. The number of nitrogens with zero attached hydrogens (tertiary/aromatic N) is 3. The summed E-state index contributed by atoms with van der Waals surface area (Å²) >= 11 is 0. The molecule has 1 aromatic rings. The van der Waals surface area contributed by atoms with Crippen LogP contribution in [0.2, 0.25) is 0 Å². The van der Waals surface area contributed by atoms with E-state index >= 15 is 0 Å². The van der Waals surface area contributed by atoms with Gasteiger partial charge in [0.15, 0.2) is 0 Å². The summed E-state index contributed by atoms with van der Waals surface area (Å²) in [6.45, 7) is 7.60. The molecular weight excluding hydrogens is 212 g/mol. The summed E-state index contributed by atoms with van der Waals surface area (Å²) in [5.74, 6) is 0. The quantitative estimate of drug-likeness (QED) is 0.790. The Kier molecular flexibility index (Phi) is 4.91. The molecule has 17 heavy (non-hydrogen) atoms. The van der Waals surface area contributed by atoms with Crippen LogP contribution in [-0.2, 0) is 6.42 Å². The van der Waals surface area contributed by atoms with Gasteiger partial charge in [0.1, 0.15) is 0 Å². The minimum atomic E-state index is 0.773. The van der Waals surface area contributed by atoms with Crippen LogP contribution in [0, 0.1) is 0 Å². The summed E-state index contributed by atoms with van der Waals surface area (Å²) in [5, 5.41) is 0. The Bertz CT molecular complexity index is 306. The highest BCUT2D eigenvalue weighted by molar-refractivity contribution is 5.08. The summed E-state index contributed by atoms with van der Waals surface area (Å²) < 4.78 is 0. The van der Waals surface area contributed by atoms with Crippen molar-refractivity contribution in [3.8, 4) is 0 Å². The zero-order valence-corrected chi connectivity index (χ0v) is 10.4. The van der Waals surface area contributed by atoms with Crippen LogP contribution in [0.25, 0.3) is 0 Å². The maximum atomic E-state index is 5.57. The first kappa shape index (κ1) is 12.5. The lowest BCUT2D eigenvalue weighted by molar-refractivity contribution is 0.136. The second-order valence-electron chi connectivity index (χ2n) is 4.58. The van der Waals surface area contributed by atoms with Gasteiger partial charge in [-0.1, -0.05) is 6.07 Å². The lowest BCUT2D eigenvalue weighted by Crippen LogP contribution is -2.48. The molecule has 2 rings (SSSR count). The largest absolute Gasteiger partial charge is 0.329 e. The standard InChI is InChI=1S/C13H22N4/c14-4-7-17-10-8-16(9-11-17)6-3-13-2-1-5-15-12-13/h1-2,5,12H,3-4,6-11,14H2. The molecule has 1 saturated heterocycles. The molecule has 4 heteroatoms. The van der Waals surface area contributed by atoms with Crippen molar-refractivity contribution >= 4 is 0 Å². The first-order valence-electron chi connectivity index (χ1n) is 6.42. The third-order valence-corrected chi connectivity index (χ3v) is 3.35. The fourth-order valence-corrected chi connectivity index (χ4v) is 2.25. The van der Waals surface area contributed by atoms with Crippen molar-refractivity contribution in [3.05, 3.63) is 30.1 Å². The molecule has 0 aliphatic carbocycles. The van der Waals surface area contributed by atoms with Crippen LogP contribution in [0.5, 0.6) is 0 Å². The van der Waals surface area contributed by atoms with Gasteiger partial charge >= 0.3 is 0 Å². The van der Waals surface area contributed by atoms with Crippen molar-refractivity contribution in [2.24, 2.45) is 5.73 Å². The van der Waals surface area contributed by atoms with Gasteiger partial charge in [0, 0.05) is 58.2 Å². The van der Waals surface area contributed by atoms with Crippen molar-refractivity contribution in [1.82, 2.24) is 14.8 Å². The highest BCUT2D eigenvalue weighted by atomic mass is 15.3. The molecule has 0 radical (unpaired) electrons. The van der Waals surface area contributed by atoms with Gasteiger partial charge in [0.2, 0.25) is 0 Å². The van der Waals surface area contributed by atoms with E-state index in [0.29, 0.717) is 0 Å². The molecular formula is C13H22N4. The van der Waals surface area contributed by atoms with Crippen LogP contribution in [0.1, 0.15) is 5.56 Å². The summed E-state index contributed by atoms with van der Waals surface area (Å²) in [6, 6.07) is 4.16. The van der Waals surface area contributed by atoms with Crippen LogP contribution >= 0.6 is 0 Å². The molecule has 94 valence electrons. The number of hydrogen-bond acceptors (Lipinski definition) is 4. The van der Waals surface area contributed by atoms with E-state index in [1.54, 1.807) is 0 Å². The number of nitrogens with two attached hydrogens (primary N) is 1. The molecule has 0 saturated carbocycles. The normalized spacial score (nSPS) is 18.4. The Hall–Kier alpha value is -0.970. The predicted molar refractivity (Wildman–Crippen MR) is 69.9 cm³/mol. The molecule has 0 atom stereocenters. The van der Waals surface area contributed by atoms with Crippen molar-refractivity contribution in [2.75, 3.05) is 45.8 Å². The Morgan fingerprint density at radius 2 is 1.82 bits per heavy atom. The molecule has 0 aromatic carbocycles. The van der Waals surface area contributed by atoms with E-state index in [4.69, 9.17) is 5.73 Å². The first-order valence-corrected chi connectivity index (χ1v) is 6.42. The smallest absolute Gasteiger partial charge is 0.0300 e. The van der Waals surface area contributed by atoms with Gasteiger partial charge in [-0.15, -0.1) is 0 Å². The van der Waals surface area contributed by atoms with Gasteiger partial charge in [-0.25, -0.2) is 0 Å². The fourth-order valence-electron chi connectivity index (χ4n) is 2.25. The monoisotopic (exact) mass is 234 g/mol. The first-order chi connectivity index (χ1) is 8.38. The Labute approximate surface area is 103 Å². The number of rotatable bonds is 5. The molecule has 1 aliphatic heterocycles. The van der Waals surface area contributed by atoms with E-state index in [1.165, 1.54) is 18.7 Å². The minimum Gasteiger partial charge on any atom is -0.329 e. The Balaban J connectivity index is 1.68. The van der Waals surface area contributed by atoms with Crippen molar-refractivity contribution in [2.45, 2.75) is 6.42 Å². The summed E-state index contributed by atoms with van der Waals surface area (Å²) in [7, 11) is 0. The topological polar surface area (TPSA) is 45.4 Å². The summed E-state index contributed by atoms with van der Waals surface area (Å²) in [5.41, 5.74) is 6.90. The maximum absolute atomic E-state index is 5.57. The number of pyridine rings is 1. The van der Waals surface area contributed by atoms with Gasteiger partial charge < -0.3 is 10.6 Å². The van der Waals surface area contributed by atoms with Gasteiger partial charge in [0.05, 0.1) is 0 Å². The molecule has 1 aliphatic rings.